The number of nitrogens with zero attached hydrogens (tertiary/aromatic N) is 5. The fourth-order valence-electron chi connectivity index (χ4n) is 6.27. The van der Waals surface area contributed by atoms with E-state index in [0.717, 1.165) is 119 Å². The van der Waals surface area contributed by atoms with E-state index in [9.17, 15) is 0 Å². The summed E-state index contributed by atoms with van der Waals surface area (Å²) in [6, 6.07) is 19.2. The normalized spacial score (nSPS) is 15.0. The summed E-state index contributed by atoms with van der Waals surface area (Å²) in [5.41, 5.74) is 8.67. The Kier molecular flexibility index (Phi) is 6.54. The third kappa shape index (κ3) is 4.90. The van der Waals surface area contributed by atoms with Crippen molar-refractivity contribution in [2.45, 2.75) is 19.8 Å². The zero-order valence-electron chi connectivity index (χ0n) is 24.1. The molecule has 3 aromatic heterocycles. The van der Waals surface area contributed by atoms with Crippen LogP contribution in [0.3, 0.4) is 0 Å². The second kappa shape index (κ2) is 10.8. The fraction of sp³-hybridized carbons (Fsp3) is 0.265. The molecule has 8 rings (SSSR count). The maximum atomic E-state index is 6.67. The first-order chi connectivity index (χ1) is 21.2. The van der Waals surface area contributed by atoms with E-state index in [1.54, 1.807) is 0 Å². The van der Waals surface area contributed by atoms with Crippen LogP contribution in [0, 0.1) is 6.92 Å². The summed E-state index contributed by atoms with van der Waals surface area (Å²) < 4.78 is 12.2. The first-order valence-corrected chi connectivity index (χ1v) is 15.0. The summed E-state index contributed by atoms with van der Waals surface area (Å²) in [5, 5.41) is 16.6. The van der Waals surface area contributed by atoms with Crippen LogP contribution in [0.5, 0.6) is 11.5 Å². The second-order valence-electron chi connectivity index (χ2n) is 11.4. The lowest BCUT2D eigenvalue weighted by molar-refractivity contribution is 0.0373. The predicted molar refractivity (Wildman–Crippen MR) is 169 cm³/mol. The smallest absolute Gasteiger partial charge is 0.176 e. The van der Waals surface area contributed by atoms with Crippen LogP contribution in [0.2, 0.25) is 0 Å². The quantitative estimate of drug-likeness (QED) is 0.203. The van der Waals surface area contributed by atoms with Crippen molar-refractivity contribution in [1.82, 2.24) is 30.3 Å². The van der Waals surface area contributed by atoms with Gasteiger partial charge in [-0.25, -0.2) is 4.98 Å². The average molecular weight is 572 g/mol. The predicted octanol–water partition coefficient (Wildman–Crippen LogP) is 6.83. The SMILES string of the molecule is Cc1cc2c(cc1-c1ccc3[nH]ncc3c1)Oc1cc(-c3ccc4[nH]ncc4c3)cnc1N2CCCCN1CCOCC1. The number of hydrogen-bond donors (Lipinski definition) is 2. The Morgan fingerprint density at radius 2 is 1.47 bits per heavy atom. The van der Waals surface area contributed by atoms with E-state index in [1.807, 2.05) is 18.6 Å². The number of H-pyrrole nitrogens is 2. The van der Waals surface area contributed by atoms with Crippen molar-refractivity contribution >= 4 is 33.3 Å². The van der Waals surface area contributed by atoms with E-state index in [0.29, 0.717) is 0 Å². The van der Waals surface area contributed by atoms with E-state index in [-0.39, 0.29) is 0 Å². The van der Waals surface area contributed by atoms with Gasteiger partial charge in [0.1, 0.15) is 0 Å². The Hall–Kier alpha value is -4.73. The molecule has 1 fully saturated rings. The molecule has 0 bridgehead atoms. The lowest BCUT2D eigenvalue weighted by atomic mass is 9.97. The molecule has 9 heteroatoms. The van der Waals surface area contributed by atoms with E-state index in [1.165, 1.54) is 5.56 Å². The molecule has 0 amide bonds. The molecule has 1 saturated heterocycles. The van der Waals surface area contributed by atoms with Crippen LogP contribution < -0.4 is 9.64 Å². The highest BCUT2D eigenvalue weighted by atomic mass is 16.5. The molecule has 216 valence electrons. The Morgan fingerprint density at radius 3 is 2.26 bits per heavy atom. The molecule has 9 nitrogen and oxygen atoms in total. The van der Waals surface area contributed by atoms with Gasteiger partial charge in [0.25, 0.3) is 0 Å². The number of anilines is 2. The van der Waals surface area contributed by atoms with Gasteiger partial charge in [0.2, 0.25) is 0 Å². The van der Waals surface area contributed by atoms with Crippen LogP contribution >= 0.6 is 0 Å². The van der Waals surface area contributed by atoms with E-state index in [2.05, 4.69) is 91.7 Å². The lowest BCUT2D eigenvalue weighted by Crippen LogP contribution is -2.37. The number of aromatic nitrogens is 5. The highest BCUT2D eigenvalue weighted by Gasteiger charge is 2.28. The topological polar surface area (TPSA) is 95.2 Å². The highest BCUT2D eigenvalue weighted by Crippen LogP contribution is 2.49. The highest BCUT2D eigenvalue weighted by molar-refractivity contribution is 5.88. The molecule has 0 unspecified atom stereocenters. The third-order valence-corrected chi connectivity index (χ3v) is 8.64. The van der Waals surface area contributed by atoms with Crippen molar-refractivity contribution in [2.24, 2.45) is 0 Å². The van der Waals surface area contributed by atoms with Crippen LogP contribution in [0.1, 0.15) is 18.4 Å². The maximum absolute atomic E-state index is 6.67. The van der Waals surface area contributed by atoms with Gasteiger partial charge in [0.05, 0.1) is 42.3 Å². The number of morpholine rings is 1. The summed E-state index contributed by atoms with van der Waals surface area (Å²) in [7, 11) is 0. The van der Waals surface area contributed by atoms with Crippen LogP contribution in [0.25, 0.3) is 44.1 Å². The summed E-state index contributed by atoms with van der Waals surface area (Å²) in [5.74, 6) is 2.47. The number of hydrogen-bond acceptors (Lipinski definition) is 7. The van der Waals surface area contributed by atoms with Crippen LogP contribution in [0.4, 0.5) is 11.5 Å². The van der Waals surface area contributed by atoms with Gasteiger partial charge < -0.3 is 14.4 Å². The second-order valence-corrected chi connectivity index (χ2v) is 11.4. The number of nitrogens with one attached hydrogen (secondary N) is 2. The molecule has 0 atom stereocenters. The molecule has 6 aromatic rings. The molecular formula is C34H33N7O2. The first kappa shape index (κ1) is 25.9. The molecule has 2 aliphatic rings. The number of aryl methyl sites for hydroxylation is 1. The third-order valence-electron chi connectivity index (χ3n) is 8.64. The Balaban J connectivity index is 1.14. The van der Waals surface area contributed by atoms with Gasteiger partial charge in [-0.1, -0.05) is 12.1 Å². The summed E-state index contributed by atoms with van der Waals surface area (Å²) in [6.45, 7) is 7.82. The van der Waals surface area contributed by atoms with Gasteiger partial charge in [0.15, 0.2) is 17.3 Å². The molecule has 0 spiro atoms. The Labute approximate surface area is 249 Å². The zero-order chi connectivity index (χ0) is 28.8. The minimum absolute atomic E-state index is 0.769. The molecule has 43 heavy (non-hydrogen) atoms. The summed E-state index contributed by atoms with van der Waals surface area (Å²) >= 11 is 0. The largest absolute Gasteiger partial charge is 0.451 e. The van der Waals surface area contributed by atoms with Crippen molar-refractivity contribution in [2.75, 3.05) is 44.3 Å². The van der Waals surface area contributed by atoms with Gasteiger partial charge >= 0.3 is 0 Å². The summed E-state index contributed by atoms with van der Waals surface area (Å²) in [6.07, 6.45) is 7.84. The van der Waals surface area contributed by atoms with Gasteiger partial charge in [-0.2, -0.15) is 10.2 Å². The fourth-order valence-corrected chi connectivity index (χ4v) is 6.27. The van der Waals surface area contributed by atoms with E-state index in [4.69, 9.17) is 14.5 Å². The number of rotatable bonds is 7. The van der Waals surface area contributed by atoms with Crippen molar-refractivity contribution in [1.29, 1.82) is 0 Å². The number of benzene rings is 3. The number of pyridine rings is 1. The number of ether oxygens (including phenoxy) is 2. The monoisotopic (exact) mass is 571 g/mol. The van der Waals surface area contributed by atoms with Gasteiger partial charge in [-0.3, -0.25) is 15.1 Å². The number of unbranched alkanes of at least 4 members (excludes halogenated alkanes) is 1. The molecule has 2 N–H and O–H groups in total. The van der Waals surface area contributed by atoms with Crippen molar-refractivity contribution in [3.05, 3.63) is 78.8 Å². The Morgan fingerprint density at radius 1 is 0.744 bits per heavy atom. The zero-order valence-corrected chi connectivity index (χ0v) is 24.1. The maximum Gasteiger partial charge on any atom is 0.176 e. The van der Waals surface area contributed by atoms with Crippen LogP contribution in [-0.2, 0) is 4.74 Å². The molecule has 0 saturated carbocycles. The average Bonchev–Trinajstić information content (AvgIpc) is 3.72. The van der Waals surface area contributed by atoms with Crippen molar-refractivity contribution in [3.63, 3.8) is 0 Å². The molecular weight excluding hydrogens is 538 g/mol. The van der Waals surface area contributed by atoms with Gasteiger partial charge in [-0.15, -0.1) is 0 Å². The minimum atomic E-state index is 0.769. The van der Waals surface area contributed by atoms with Crippen LogP contribution in [-0.4, -0.2) is 69.7 Å². The minimum Gasteiger partial charge on any atom is -0.451 e. The van der Waals surface area contributed by atoms with Crippen LogP contribution in [0.15, 0.2) is 73.2 Å². The van der Waals surface area contributed by atoms with Gasteiger partial charge in [-0.05, 0) is 91.0 Å². The molecule has 0 radical (unpaired) electrons. The number of fused-ring (bicyclic) bond motifs is 4. The van der Waals surface area contributed by atoms with Gasteiger partial charge in [0, 0.05) is 42.2 Å². The van der Waals surface area contributed by atoms with Crippen molar-refractivity contribution < 1.29 is 9.47 Å². The standard InChI is InChI=1S/C34H33N7O2/c1-22-14-31-32(18-28(22)24-5-7-30-27(16-24)21-37-39-30)43-33-17-25(23-4-6-29-26(15-23)20-36-38-29)19-35-34(33)41(31)9-3-2-8-40-10-12-42-13-11-40/h4-7,14-21H,2-3,8-13H2,1H3,(H,36,38)(H,37,39). The molecule has 0 aliphatic carbocycles. The molecule has 2 aliphatic heterocycles. The Bertz CT molecular complexity index is 1940. The van der Waals surface area contributed by atoms with E-state index < -0.39 is 0 Å². The van der Waals surface area contributed by atoms with E-state index >= 15 is 0 Å². The first-order valence-electron chi connectivity index (χ1n) is 15.0. The number of aromatic amines is 2. The summed E-state index contributed by atoms with van der Waals surface area (Å²) in [4.78, 5) is 9.83. The van der Waals surface area contributed by atoms with Crippen molar-refractivity contribution in [3.8, 4) is 33.8 Å². The molecule has 3 aromatic carbocycles. The molecule has 5 heterocycles. The lowest BCUT2D eigenvalue weighted by Gasteiger charge is -2.33.